The van der Waals surface area contributed by atoms with Crippen LogP contribution in [-0.4, -0.2) is 28.8 Å². The number of imidazole rings is 1. The number of hydrogen-bond acceptors (Lipinski definition) is 3. The minimum Gasteiger partial charge on any atom is -0.380 e. The first-order chi connectivity index (χ1) is 9.40. The Bertz CT molecular complexity index is 504. The zero-order chi connectivity index (χ0) is 12.9. The van der Waals surface area contributed by atoms with Crippen molar-refractivity contribution in [2.45, 2.75) is 25.4 Å². The summed E-state index contributed by atoms with van der Waals surface area (Å²) in [6.45, 7) is 2.57. The molecule has 1 N–H and O–H groups in total. The smallest absolute Gasteiger partial charge is 0.0949 e. The summed E-state index contributed by atoms with van der Waals surface area (Å²) in [4.78, 5) is 4.07. The van der Waals surface area contributed by atoms with Gasteiger partial charge in [0, 0.05) is 37.3 Å². The van der Waals surface area contributed by atoms with Crippen molar-refractivity contribution < 1.29 is 4.74 Å². The van der Waals surface area contributed by atoms with Crippen LogP contribution in [-0.2, 0) is 11.3 Å². The van der Waals surface area contributed by atoms with Crippen molar-refractivity contribution in [1.29, 1.82) is 0 Å². The summed E-state index contributed by atoms with van der Waals surface area (Å²) >= 11 is 0. The van der Waals surface area contributed by atoms with Crippen molar-refractivity contribution in [3.63, 3.8) is 0 Å². The summed E-state index contributed by atoms with van der Waals surface area (Å²) in [5.41, 5.74) is 2.45. The zero-order valence-electron chi connectivity index (χ0n) is 11.0. The summed E-state index contributed by atoms with van der Waals surface area (Å²) in [6, 6.07) is 9.00. The number of nitrogens with one attached hydrogen (secondary N) is 1. The van der Waals surface area contributed by atoms with E-state index < -0.39 is 0 Å². The van der Waals surface area contributed by atoms with Crippen molar-refractivity contribution in [3.8, 4) is 0 Å². The van der Waals surface area contributed by atoms with Gasteiger partial charge in [0.1, 0.15) is 0 Å². The van der Waals surface area contributed by atoms with Gasteiger partial charge in [-0.3, -0.25) is 0 Å². The van der Waals surface area contributed by atoms with E-state index in [2.05, 4.69) is 39.1 Å². The standard InChI is InChI=1S/C15H19N3O/c1-3-13(10-18-7-6-16-12-18)9-14(4-1)17-15-5-2-8-19-11-15/h1,3-4,6-7,9,12,15,17H,2,5,8,10-11H2. The third-order valence-electron chi connectivity index (χ3n) is 3.38. The molecule has 0 saturated carbocycles. The number of anilines is 1. The zero-order valence-corrected chi connectivity index (χ0v) is 11.0. The number of aromatic nitrogens is 2. The summed E-state index contributed by atoms with van der Waals surface area (Å²) in [5, 5.41) is 3.55. The highest BCUT2D eigenvalue weighted by Gasteiger charge is 2.13. The molecule has 1 aromatic heterocycles. The molecular weight excluding hydrogens is 238 g/mol. The maximum absolute atomic E-state index is 5.49. The molecule has 0 spiro atoms. The fraction of sp³-hybridized carbons (Fsp3) is 0.400. The molecule has 4 heteroatoms. The van der Waals surface area contributed by atoms with Gasteiger partial charge in [-0.25, -0.2) is 4.98 Å². The molecule has 0 radical (unpaired) electrons. The van der Waals surface area contributed by atoms with E-state index in [1.54, 1.807) is 0 Å². The fourth-order valence-electron chi connectivity index (χ4n) is 2.44. The lowest BCUT2D eigenvalue weighted by atomic mass is 10.1. The van der Waals surface area contributed by atoms with Gasteiger partial charge in [-0.2, -0.15) is 0 Å². The van der Waals surface area contributed by atoms with E-state index in [9.17, 15) is 0 Å². The van der Waals surface area contributed by atoms with E-state index in [0.717, 1.165) is 26.2 Å². The first-order valence-electron chi connectivity index (χ1n) is 6.79. The maximum Gasteiger partial charge on any atom is 0.0949 e. The van der Waals surface area contributed by atoms with Crippen LogP contribution in [0, 0.1) is 0 Å². The second-order valence-corrected chi connectivity index (χ2v) is 4.99. The Morgan fingerprint density at radius 1 is 1.42 bits per heavy atom. The largest absolute Gasteiger partial charge is 0.380 e. The van der Waals surface area contributed by atoms with Crippen LogP contribution in [0.3, 0.4) is 0 Å². The summed E-state index contributed by atoms with van der Waals surface area (Å²) in [5.74, 6) is 0. The molecule has 2 heterocycles. The average Bonchev–Trinajstić information content (AvgIpc) is 2.93. The number of nitrogens with zero attached hydrogens (tertiary/aromatic N) is 2. The van der Waals surface area contributed by atoms with Gasteiger partial charge >= 0.3 is 0 Å². The van der Waals surface area contributed by atoms with Gasteiger partial charge in [-0.15, -0.1) is 0 Å². The Hall–Kier alpha value is -1.81. The van der Waals surface area contributed by atoms with E-state index in [4.69, 9.17) is 4.74 Å². The van der Waals surface area contributed by atoms with Crippen LogP contribution in [0.2, 0.25) is 0 Å². The van der Waals surface area contributed by atoms with Crippen LogP contribution in [0.5, 0.6) is 0 Å². The van der Waals surface area contributed by atoms with Gasteiger partial charge in [0.15, 0.2) is 0 Å². The van der Waals surface area contributed by atoms with Gasteiger partial charge in [0.05, 0.1) is 12.9 Å². The Labute approximate surface area is 113 Å². The van der Waals surface area contributed by atoms with Gasteiger partial charge in [0.2, 0.25) is 0 Å². The number of ether oxygens (including phenoxy) is 1. The van der Waals surface area contributed by atoms with Crippen molar-refractivity contribution in [2.75, 3.05) is 18.5 Å². The molecule has 1 saturated heterocycles. The highest BCUT2D eigenvalue weighted by molar-refractivity contribution is 5.46. The van der Waals surface area contributed by atoms with Crippen molar-refractivity contribution in [3.05, 3.63) is 48.5 Å². The molecule has 19 heavy (non-hydrogen) atoms. The molecule has 2 aromatic rings. The lowest BCUT2D eigenvalue weighted by Crippen LogP contribution is -2.29. The monoisotopic (exact) mass is 257 g/mol. The molecule has 1 fully saturated rings. The van der Waals surface area contributed by atoms with Crippen molar-refractivity contribution in [1.82, 2.24) is 9.55 Å². The highest BCUT2D eigenvalue weighted by atomic mass is 16.5. The molecule has 0 aliphatic carbocycles. The summed E-state index contributed by atoms with van der Waals surface area (Å²) in [7, 11) is 0. The molecule has 1 atom stereocenters. The number of benzene rings is 1. The van der Waals surface area contributed by atoms with E-state index in [-0.39, 0.29) is 0 Å². The third-order valence-corrected chi connectivity index (χ3v) is 3.38. The van der Waals surface area contributed by atoms with Gasteiger partial charge in [-0.05, 0) is 30.5 Å². The van der Waals surface area contributed by atoms with Crippen LogP contribution < -0.4 is 5.32 Å². The normalized spacial score (nSPS) is 19.3. The molecule has 100 valence electrons. The van der Waals surface area contributed by atoms with Crippen LogP contribution >= 0.6 is 0 Å². The molecule has 1 aromatic carbocycles. The summed E-state index contributed by atoms with van der Waals surface area (Å²) < 4.78 is 7.57. The molecule has 4 nitrogen and oxygen atoms in total. The highest BCUT2D eigenvalue weighted by Crippen LogP contribution is 2.16. The average molecular weight is 257 g/mol. The maximum atomic E-state index is 5.49. The van der Waals surface area contributed by atoms with E-state index in [0.29, 0.717) is 6.04 Å². The lowest BCUT2D eigenvalue weighted by molar-refractivity contribution is 0.0876. The molecular formula is C15H19N3O. The Balaban J connectivity index is 1.65. The van der Waals surface area contributed by atoms with Gasteiger partial charge in [-0.1, -0.05) is 12.1 Å². The minimum absolute atomic E-state index is 0.442. The van der Waals surface area contributed by atoms with E-state index in [1.807, 2.05) is 18.7 Å². The Kier molecular flexibility index (Phi) is 3.79. The molecule has 3 rings (SSSR count). The number of hydrogen-bond donors (Lipinski definition) is 1. The second kappa shape index (κ2) is 5.89. The first kappa shape index (κ1) is 12.2. The summed E-state index contributed by atoms with van der Waals surface area (Å²) in [6.07, 6.45) is 7.96. The van der Waals surface area contributed by atoms with E-state index in [1.165, 1.54) is 17.7 Å². The number of rotatable bonds is 4. The van der Waals surface area contributed by atoms with Gasteiger partial charge in [0.25, 0.3) is 0 Å². The predicted molar refractivity (Wildman–Crippen MR) is 75.2 cm³/mol. The van der Waals surface area contributed by atoms with Crippen molar-refractivity contribution >= 4 is 5.69 Å². The van der Waals surface area contributed by atoms with Crippen LogP contribution in [0.4, 0.5) is 5.69 Å². The van der Waals surface area contributed by atoms with Crippen LogP contribution in [0.25, 0.3) is 0 Å². The predicted octanol–water partition coefficient (Wildman–Crippen LogP) is 2.52. The SMILES string of the molecule is c1cc(Cn2ccnc2)cc(NC2CCCOC2)c1. The quantitative estimate of drug-likeness (QED) is 0.914. The fourth-order valence-corrected chi connectivity index (χ4v) is 2.44. The van der Waals surface area contributed by atoms with E-state index >= 15 is 0 Å². The van der Waals surface area contributed by atoms with Gasteiger partial charge < -0.3 is 14.6 Å². The van der Waals surface area contributed by atoms with Crippen LogP contribution in [0.1, 0.15) is 18.4 Å². The topological polar surface area (TPSA) is 39.1 Å². The second-order valence-electron chi connectivity index (χ2n) is 4.99. The van der Waals surface area contributed by atoms with Crippen LogP contribution in [0.15, 0.2) is 43.0 Å². The molecule has 0 amide bonds. The molecule has 1 aliphatic heterocycles. The lowest BCUT2D eigenvalue weighted by Gasteiger charge is -2.24. The molecule has 0 bridgehead atoms. The Morgan fingerprint density at radius 2 is 2.42 bits per heavy atom. The third kappa shape index (κ3) is 3.35. The minimum atomic E-state index is 0.442. The molecule has 1 aliphatic rings. The molecule has 1 unspecified atom stereocenters. The Morgan fingerprint density at radius 3 is 3.21 bits per heavy atom. The van der Waals surface area contributed by atoms with Crippen molar-refractivity contribution in [2.24, 2.45) is 0 Å². The first-order valence-corrected chi connectivity index (χ1v) is 6.79.